The fourth-order valence-electron chi connectivity index (χ4n) is 5.74. The Morgan fingerprint density at radius 3 is 2.57 bits per heavy atom. The summed E-state index contributed by atoms with van der Waals surface area (Å²) in [6, 6.07) is 24.9. The monoisotopic (exact) mass is 514 g/mol. The fraction of sp³-hybridized carbons (Fsp3) is 0.355. The lowest BCUT2D eigenvalue weighted by atomic mass is 9.91. The summed E-state index contributed by atoms with van der Waals surface area (Å²) >= 11 is 6.32. The SMILES string of the molecule is CCC(C(C)c1nc2cc(Cl)ccc2c(=O)n1Cc1ccccc1)N1CCNCC1c1ccc(C)cc1. The zero-order chi connectivity index (χ0) is 25.9. The molecule has 0 radical (unpaired) electrons. The lowest BCUT2D eigenvalue weighted by Crippen LogP contribution is -2.52. The second-order valence-electron chi connectivity index (χ2n) is 10.1. The average molecular weight is 515 g/mol. The van der Waals surface area contributed by atoms with E-state index in [2.05, 4.69) is 67.4 Å². The van der Waals surface area contributed by atoms with E-state index < -0.39 is 0 Å². The van der Waals surface area contributed by atoms with Gasteiger partial charge in [-0.1, -0.05) is 85.6 Å². The molecular formula is C31H35ClN4O. The molecule has 0 spiro atoms. The molecule has 3 aromatic carbocycles. The predicted molar refractivity (Wildman–Crippen MR) is 153 cm³/mol. The van der Waals surface area contributed by atoms with E-state index in [4.69, 9.17) is 16.6 Å². The van der Waals surface area contributed by atoms with Gasteiger partial charge in [-0.2, -0.15) is 0 Å². The molecule has 37 heavy (non-hydrogen) atoms. The molecule has 0 bridgehead atoms. The first kappa shape index (κ1) is 25.7. The van der Waals surface area contributed by atoms with E-state index in [1.807, 2.05) is 28.8 Å². The number of benzene rings is 3. The quantitative estimate of drug-likeness (QED) is 0.332. The molecule has 2 heterocycles. The molecule has 1 fully saturated rings. The highest BCUT2D eigenvalue weighted by atomic mass is 35.5. The van der Waals surface area contributed by atoms with Crippen LogP contribution in [0.4, 0.5) is 0 Å². The van der Waals surface area contributed by atoms with Crippen LogP contribution in [0, 0.1) is 6.92 Å². The summed E-state index contributed by atoms with van der Waals surface area (Å²) in [5.74, 6) is 0.854. The molecule has 192 valence electrons. The highest BCUT2D eigenvalue weighted by Crippen LogP contribution is 2.33. The van der Waals surface area contributed by atoms with Gasteiger partial charge in [-0.25, -0.2) is 4.98 Å². The zero-order valence-corrected chi connectivity index (χ0v) is 22.6. The van der Waals surface area contributed by atoms with Gasteiger partial charge in [0, 0.05) is 42.7 Å². The van der Waals surface area contributed by atoms with Crippen LogP contribution in [0.2, 0.25) is 5.02 Å². The summed E-state index contributed by atoms with van der Waals surface area (Å²) < 4.78 is 1.88. The van der Waals surface area contributed by atoms with Crippen molar-refractivity contribution in [3.63, 3.8) is 0 Å². The molecule has 1 aliphatic rings. The maximum atomic E-state index is 13.8. The minimum Gasteiger partial charge on any atom is -0.314 e. The molecule has 0 saturated carbocycles. The minimum atomic E-state index is -0.0161. The zero-order valence-electron chi connectivity index (χ0n) is 21.8. The Hall–Kier alpha value is -2.99. The third-order valence-corrected chi connectivity index (χ3v) is 7.94. The molecule has 1 saturated heterocycles. The number of aromatic nitrogens is 2. The summed E-state index contributed by atoms with van der Waals surface area (Å²) in [6.07, 6.45) is 0.957. The van der Waals surface area contributed by atoms with Gasteiger partial charge in [0.05, 0.1) is 17.4 Å². The van der Waals surface area contributed by atoms with E-state index in [0.717, 1.165) is 37.4 Å². The Morgan fingerprint density at radius 1 is 1.08 bits per heavy atom. The van der Waals surface area contributed by atoms with E-state index in [-0.39, 0.29) is 23.6 Å². The second-order valence-corrected chi connectivity index (χ2v) is 10.6. The number of nitrogens with one attached hydrogen (secondary N) is 1. The van der Waals surface area contributed by atoms with Gasteiger partial charge in [0.25, 0.3) is 5.56 Å². The van der Waals surface area contributed by atoms with Crippen molar-refractivity contribution in [2.45, 2.75) is 51.7 Å². The summed E-state index contributed by atoms with van der Waals surface area (Å²) in [5, 5.41) is 4.78. The summed E-state index contributed by atoms with van der Waals surface area (Å²) in [6.45, 7) is 9.89. The third kappa shape index (κ3) is 5.35. The molecule has 4 aromatic rings. The number of nitrogens with zero attached hydrogens (tertiary/aromatic N) is 3. The largest absolute Gasteiger partial charge is 0.314 e. The van der Waals surface area contributed by atoms with Crippen LogP contribution in [0.1, 0.15) is 54.7 Å². The third-order valence-electron chi connectivity index (χ3n) is 7.71. The van der Waals surface area contributed by atoms with Gasteiger partial charge >= 0.3 is 0 Å². The van der Waals surface area contributed by atoms with Gasteiger partial charge in [0.2, 0.25) is 0 Å². The van der Waals surface area contributed by atoms with Crippen molar-refractivity contribution in [1.82, 2.24) is 19.8 Å². The Kier molecular flexibility index (Phi) is 7.75. The maximum absolute atomic E-state index is 13.8. The van der Waals surface area contributed by atoms with E-state index in [9.17, 15) is 4.79 Å². The van der Waals surface area contributed by atoms with Gasteiger partial charge in [0.1, 0.15) is 5.82 Å². The van der Waals surface area contributed by atoms with Crippen LogP contribution in [0.25, 0.3) is 10.9 Å². The Labute approximate surface area is 224 Å². The number of aryl methyl sites for hydroxylation is 1. The van der Waals surface area contributed by atoms with Crippen LogP contribution in [-0.4, -0.2) is 40.1 Å². The van der Waals surface area contributed by atoms with Crippen LogP contribution in [-0.2, 0) is 6.54 Å². The van der Waals surface area contributed by atoms with Gasteiger partial charge in [-0.3, -0.25) is 14.3 Å². The van der Waals surface area contributed by atoms with Gasteiger partial charge in [-0.15, -0.1) is 0 Å². The van der Waals surface area contributed by atoms with E-state index >= 15 is 0 Å². The highest BCUT2D eigenvalue weighted by Gasteiger charge is 2.34. The van der Waals surface area contributed by atoms with Gasteiger partial charge < -0.3 is 5.32 Å². The summed E-state index contributed by atoms with van der Waals surface area (Å²) in [7, 11) is 0. The number of fused-ring (bicyclic) bond motifs is 1. The lowest BCUT2D eigenvalue weighted by Gasteiger charge is -2.44. The smallest absolute Gasteiger partial charge is 0.261 e. The van der Waals surface area contributed by atoms with Crippen molar-refractivity contribution in [3.8, 4) is 0 Å². The number of hydrogen-bond acceptors (Lipinski definition) is 4. The van der Waals surface area contributed by atoms with Crippen LogP contribution in [0.5, 0.6) is 0 Å². The van der Waals surface area contributed by atoms with Crippen molar-refractivity contribution in [1.29, 1.82) is 0 Å². The van der Waals surface area contributed by atoms with Gasteiger partial charge in [0.15, 0.2) is 0 Å². The Bertz CT molecular complexity index is 1420. The maximum Gasteiger partial charge on any atom is 0.261 e. The number of halogens is 1. The molecule has 5 nitrogen and oxygen atoms in total. The van der Waals surface area contributed by atoms with Crippen LogP contribution >= 0.6 is 11.6 Å². The lowest BCUT2D eigenvalue weighted by molar-refractivity contribution is 0.0864. The molecule has 0 aliphatic carbocycles. The van der Waals surface area contributed by atoms with E-state index in [1.165, 1.54) is 11.1 Å². The van der Waals surface area contributed by atoms with Crippen LogP contribution in [0.3, 0.4) is 0 Å². The molecule has 3 atom stereocenters. The number of piperazine rings is 1. The standard InChI is InChI=1S/C31H35ClN4O/c1-4-28(35-17-16-33-19-29(35)24-12-10-21(2)11-13-24)22(3)30-34-27-18-25(32)14-15-26(27)31(37)36(30)20-23-8-6-5-7-9-23/h5-15,18,22,28-29,33H,4,16-17,19-20H2,1-3H3. The van der Waals surface area contributed by atoms with Gasteiger partial charge in [-0.05, 0) is 42.7 Å². The van der Waals surface area contributed by atoms with Crippen molar-refractivity contribution >= 4 is 22.5 Å². The molecule has 6 heteroatoms. The Morgan fingerprint density at radius 2 is 1.84 bits per heavy atom. The Balaban J connectivity index is 1.59. The first-order chi connectivity index (χ1) is 18.0. The average Bonchev–Trinajstić information content (AvgIpc) is 2.92. The molecule has 1 aromatic heterocycles. The number of rotatable bonds is 7. The van der Waals surface area contributed by atoms with E-state index in [0.29, 0.717) is 22.5 Å². The normalized spacial score (nSPS) is 18.1. The van der Waals surface area contributed by atoms with Crippen molar-refractivity contribution in [2.75, 3.05) is 19.6 Å². The minimum absolute atomic E-state index is 0.0161. The second kappa shape index (κ2) is 11.2. The summed E-state index contributed by atoms with van der Waals surface area (Å²) in [5.41, 5.74) is 4.32. The molecule has 3 unspecified atom stereocenters. The molecule has 5 rings (SSSR count). The van der Waals surface area contributed by atoms with Crippen molar-refractivity contribution in [3.05, 3.63) is 111 Å². The van der Waals surface area contributed by atoms with Crippen LogP contribution < -0.4 is 10.9 Å². The molecule has 1 N–H and O–H groups in total. The molecular weight excluding hydrogens is 480 g/mol. The fourth-order valence-corrected chi connectivity index (χ4v) is 5.91. The van der Waals surface area contributed by atoms with Crippen molar-refractivity contribution < 1.29 is 0 Å². The predicted octanol–water partition coefficient (Wildman–Crippen LogP) is 5.94. The highest BCUT2D eigenvalue weighted by molar-refractivity contribution is 6.31. The molecule has 0 amide bonds. The number of hydrogen-bond donors (Lipinski definition) is 1. The van der Waals surface area contributed by atoms with Crippen LogP contribution in [0.15, 0.2) is 77.6 Å². The topological polar surface area (TPSA) is 50.2 Å². The first-order valence-corrected chi connectivity index (χ1v) is 13.6. The van der Waals surface area contributed by atoms with E-state index in [1.54, 1.807) is 12.1 Å². The first-order valence-electron chi connectivity index (χ1n) is 13.2. The summed E-state index contributed by atoms with van der Waals surface area (Å²) in [4.78, 5) is 21.6. The van der Waals surface area contributed by atoms with Crippen molar-refractivity contribution in [2.24, 2.45) is 0 Å². The molecule has 1 aliphatic heterocycles.